The highest BCUT2D eigenvalue weighted by atomic mass is 16.1. The van der Waals surface area contributed by atoms with E-state index in [0.717, 1.165) is 44.5 Å². The summed E-state index contributed by atoms with van der Waals surface area (Å²) in [5.74, 6) is 0.379. The highest BCUT2D eigenvalue weighted by Crippen LogP contribution is 2.35. The van der Waals surface area contributed by atoms with Gasteiger partial charge in [-0.25, -0.2) is 0 Å². The molecule has 2 rings (SSSR count). The first-order valence-corrected chi connectivity index (χ1v) is 6.91. The Bertz CT molecular complexity index is 377. The lowest BCUT2D eigenvalue weighted by atomic mass is 9.71. The first-order valence-electron chi connectivity index (χ1n) is 6.91. The van der Waals surface area contributed by atoms with Gasteiger partial charge in [0, 0.05) is 23.7 Å². The Morgan fingerprint density at radius 2 is 2.17 bits per heavy atom. The van der Waals surface area contributed by atoms with E-state index in [2.05, 4.69) is 17.2 Å². The van der Waals surface area contributed by atoms with Gasteiger partial charge in [-0.15, -0.1) is 0 Å². The van der Waals surface area contributed by atoms with Gasteiger partial charge < -0.3 is 5.32 Å². The van der Waals surface area contributed by atoms with E-state index < -0.39 is 0 Å². The molecule has 1 N–H and O–H groups in total. The van der Waals surface area contributed by atoms with Gasteiger partial charge >= 0.3 is 0 Å². The van der Waals surface area contributed by atoms with Crippen LogP contribution in [0.1, 0.15) is 38.3 Å². The van der Waals surface area contributed by atoms with Gasteiger partial charge in [0.1, 0.15) is 5.78 Å². The molecule has 0 amide bonds. The second-order valence-corrected chi connectivity index (χ2v) is 5.20. The summed E-state index contributed by atoms with van der Waals surface area (Å²) in [6, 6.07) is 5.78. The van der Waals surface area contributed by atoms with E-state index in [9.17, 15) is 4.79 Å². The van der Waals surface area contributed by atoms with Crippen LogP contribution in [0.15, 0.2) is 24.4 Å². The number of nitrogens with one attached hydrogen (secondary N) is 1. The second-order valence-electron chi connectivity index (χ2n) is 5.20. The van der Waals surface area contributed by atoms with Crippen LogP contribution >= 0.6 is 0 Å². The number of nitrogens with zero attached hydrogens (tertiary/aromatic N) is 1. The van der Waals surface area contributed by atoms with Crippen LogP contribution in [0.2, 0.25) is 0 Å². The number of carbonyl (C=O) groups is 1. The lowest BCUT2D eigenvalue weighted by Gasteiger charge is -2.36. The SMILES string of the molecule is CCCC1(C(=O)Cc2ccccn2)CCNCC1. The van der Waals surface area contributed by atoms with E-state index in [0.29, 0.717) is 12.2 Å². The van der Waals surface area contributed by atoms with Crippen molar-refractivity contribution in [2.45, 2.75) is 39.0 Å². The van der Waals surface area contributed by atoms with Crippen LogP contribution in [-0.2, 0) is 11.2 Å². The molecule has 1 aromatic rings. The van der Waals surface area contributed by atoms with Crippen LogP contribution in [0, 0.1) is 5.41 Å². The first kappa shape index (κ1) is 13.2. The molecule has 1 saturated heterocycles. The van der Waals surface area contributed by atoms with Crippen LogP contribution in [0.3, 0.4) is 0 Å². The minimum absolute atomic E-state index is 0.0997. The van der Waals surface area contributed by atoms with Gasteiger partial charge in [-0.3, -0.25) is 9.78 Å². The molecule has 1 aliphatic heterocycles. The maximum Gasteiger partial charge on any atom is 0.145 e. The summed E-state index contributed by atoms with van der Waals surface area (Å²) in [5, 5.41) is 3.35. The van der Waals surface area contributed by atoms with E-state index in [-0.39, 0.29) is 5.41 Å². The number of hydrogen-bond acceptors (Lipinski definition) is 3. The summed E-state index contributed by atoms with van der Waals surface area (Å²) in [5.41, 5.74) is 0.800. The molecule has 2 heterocycles. The molecule has 0 unspecified atom stereocenters. The molecule has 3 nitrogen and oxygen atoms in total. The van der Waals surface area contributed by atoms with Crippen LogP contribution in [0.4, 0.5) is 0 Å². The first-order chi connectivity index (χ1) is 8.77. The van der Waals surface area contributed by atoms with Crippen molar-refractivity contribution >= 4 is 5.78 Å². The average Bonchev–Trinajstić information content (AvgIpc) is 2.41. The van der Waals surface area contributed by atoms with Gasteiger partial charge in [-0.1, -0.05) is 19.4 Å². The van der Waals surface area contributed by atoms with Crippen molar-refractivity contribution in [3.05, 3.63) is 30.1 Å². The molecule has 0 bridgehead atoms. The number of pyridine rings is 1. The molecular formula is C15H22N2O. The summed E-state index contributed by atoms with van der Waals surface area (Å²) in [6.07, 6.45) is 6.30. The van der Waals surface area contributed by atoms with Gasteiger partial charge in [-0.05, 0) is 44.5 Å². The number of hydrogen-bond donors (Lipinski definition) is 1. The van der Waals surface area contributed by atoms with Gasteiger partial charge in [-0.2, -0.15) is 0 Å². The Morgan fingerprint density at radius 1 is 1.39 bits per heavy atom. The summed E-state index contributed by atoms with van der Waals surface area (Å²) in [6.45, 7) is 4.10. The van der Waals surface area contributed by atoms with E-state index in [1.807, 2.05) is 18.2 Å². The predicted molar refractivity (Wildman–Crippen MR) is 72.4 cm³/mol. The topological polar surface area (TPSA) is 42.0 Å². The third-order valence-corrected chi connectivity index (χ3v) is 3.95. The Hall–Kier alpha value is -1.22. The van der Waals surface area contributed by atoms with E-state index >= 15 is 0 Å². The van der Waals surface area contributed by atoms with Crippen molar-refractivity contribution in [2.24, 2.45) is 5.41 Å². The quantitative estimate of drug-likeness (QED) is 0.867. The molecule has 0 aliphatic carbocycles. The third kappa shape index (κ3) is 2.96. The molecule has 0 saturated carbocycles. The molecule has 1 fully saturated rings. The van der Waals surface area contributed by atoms with Crippen molar-refractivity contribution < 1.29 is 4.79 Å². The van der Waals surface area contributed by atoms with Gasteiger partial charge in [0.15, 0.2) is 0 Å². The van der Waals surface area contributed by atoms with E-state index in [1.54, 1.807) is 6.20 Å². The normalized spacial score (nSPS) is 18.5. The Kier molecular flexibility index (Phi) is 4.48. The molecule has 3 heteroatoms. The summed E-state index contributed by atoms with van der Waals surface area (Å²) < 4.78 is 0. The minimum Gasteiger partial charge on any atom is -0.317 e. The van der Waals surface area contributed by atoms with Crippen LogP contribution in [0.5, 0.6) is 0 Å². The molecule has 0 aromatic carbocycles. The summed E-state index contributed by atoms with van der Waals surface area (Å²) in [7, 11) is 0. The van der Waals surface area contributed by atoms with Crippen LogP contribution < -0.4 is 5.32 Å². The zero-order valence-electron chi connectivity index (χ0n) is 11.1. The molecule has 1 aromatic heterocycles. The fourth-order valence-electron chi connectivity index (χ4n) is 2.91. The predicted octanol–water partition coefficient (Wildman–Crippen LogP) is 2.36. The molecule has 18 heavy (non-hydrogen) atoms. The number of piperidine rings is 1. The van der Waals surface area contributed by atoms with Crippen molar-refractivity contribution in [3.63, 3.8) is 0 Å². The van der Waals surface area contributed by atoms with Crippen LogP contribution in [0.25, 0.3) is 0 Å². The average molecular weight is 246 g/mol. The van der Waals surface area contributed by atoms with Crippen molar-refractivity contribution in [1.82, 2.24) is 10.3 Å². The number of Topliss-reactive ketones (excluding diaryl/α,β-unsaturated/α-hetero) is 1. The molecule has 0 atom stereocenters. The zero-order valence-corrected chi connectivity index (χ0v) is 11.1. The van der Waals surface area contributed by atoms with E-state index in [4.69, 9.17) is 0 Å². The maximum absolute atomic E-state index is 12.6. The van der Waals surface area contributed by atoms with Crippen molar-refractivity contribution in [1.29, 1.82) is 0 Å². The monoisotopic (exact) mass is 246 g/mol. The lowest BCUT2D eigenvalue weighted by molar-refractivity contribution is -0.130. The van der Waals surface area contributed by atoms with E-state index in [1.165, 1.54) is 0 Å². The summed E-state index contributed by atoms with van der Waals surface area (Å²) in [4.78, 5) is 16.9. The largest absolute Gasteiger partial charge is 0.317 e. The molecule has 1 aliphatic rings. The Balaban J connectivity index is 2.08. The van der Waals surface area contributed by atoms with Crippen molar-refractivity contribution in [2.75, 3.05) is 13.1 Å². The van der Waals surface area contributed by atoms with Gasteiger partial charge in [0.05, 0.1) is 0 Å². The lowest BCUT2D eigenvalue weighted by Crippen LogP contribution is -2.42. The fourth-order valence-corrected chi connectivity index (χ4v) is 2.91. The molecule has 0 spiro atoms. The minimum atomic E-state index is -0.0997. The smallest absolute Gasteiger partial charge is 0.145 e. The standard InChI is InChI=1S/C15H22N2O/c1-2-6-15(7-10-16-11-8-15)14(18)12-13-5-3-4-9-17-13/h3-5,9,16H,2,6-8,10-12H2,1H3. The van der Waals surface area contributed by atoms with Gasteiger partial charge in [0.2, 0.25) is 0 Å². The fraction of sp³-hybridized carbons (Fsp3) is 0.600. The maximum atomic E-state index is 12.6. The van der Waals surface area contributed by atoms with Crippen molar-refractivity contribution in [3.8, 4) is 0 Å². The third-order valence-electron chi connectivity index (χ3n) is 3.95. The number of carbonyl (C=O) groups excluding carboxylic acids is 1. The number of aromatic nitrogens is 1. The highest BCUT2D eigenvalue weighted by molar-refractivity contribution is 5.86. The molecule has 0 radical (unpaired) electrons. The molecular weight excluding hydrogens is 224 g/mol. The molecule has 98 valence electrons. The van der Waals surface area contributed by atoms with Gasteiger partial charge in [0.25, 0.3) is 0 Å². The van der Waals surface area contributed by atoms with Crippen LogP contribution in [-0.4, -0.2) is 23.9 Å². The summed E-state index contributed by atoms with van der Waals surface area (Å²) >= 11 is 0. The second kappa shape index (κ2) is 6.10. The Labute approximate surface area is 109 Å². The highest BCUT2D eigenvalue weighted by Gasteiger charge is 2.37. The number of rotatable bonds is 5. The Morgan fingerprint density at radius 3 is 2.78 bits per heavy atom. The zero-order chi connectivity index (χ0) is 12.8. The number of ketones is 1.